The maximum atomic E-state index is 11.6. The molecular weight excluding hydrogens is 584 g/mol. The van der Waals surface area contributed by atoms with Crippen molar-refractivity contribution in [3.63, 3.8) is 0 Å². The fourth-order valence-electron chi connectivity index (χ4n) is 4.34. The Morgan fingerprint density at radius 2 is 1.09 bits per heavy atom. The van der Waals surface area contributed by atoms with Gasteiger partial charge in [0.05, 0.1) is 0 Å². The quantitative estimate of drug-likeness (QED) is 0.241. The van der Waals surface area contributed by atoms with Crippen LogP contribution in [0, 0.1) is 17.8 Å². The Bertz CT molecular complexity index is 1140. The fraction of sp³-hybridized carbons (Fsp3) is 0.556. The number of ketones is 1. The Balaban J connectivity index is 0.000000663. The van der Waals surface area contributed by atoms with Crippen molar-refractivity contribution in [2.75, 3.05) is 26.2 Å². The van der Waals surface area contributed by atoms with E-state index in [1.165, 1.54) is 18.2 Å². The highest BCUT2D eigenvalue weighted by molar-refractivity contribution is 6.12. The summed E-state index contributed by atoms with van der Waals surface area (Å²) in [6.07, 6.45) is 13.6. The number of amides is 5. The van der Waals surface area contributed by atoms with Gasteiger partial charge < -0.3 is 15.1 Å². The fourth-order valence-corrected chi connectivity index (χ4v) is 4.34. The van der Waals surface area contributed by atoms with Crippen molar-refractivity contribution < 1.29 is 28.8 Å². The van der Waals surface area contributed by atoms with Crippen LogP contribution in [0.3, 0.4) is 0 Å². The summed E-state index contributed by atoms with van der Waals surface area (Å²) >= 11 is 0. The highest BCUT2D eigenvalue weighted by Crippen LogP contribution is 2.15. The third kappa shape index (κ3) is 16.3. The first-order valence-electron chi connectivity index (χ1n) is 15.8. The van der Waals surface area contributed by atoms with Crippen LogP contribution < -0.4 is 5.32 Å². The molecule has 0 radical (unpaired) electrons. The Hall–Kier alpha value is -4.08. The first kappa shape index (κ1) is 41.9. The highest BCUT2D eigenvalue weighted by Gasteiger charge is 2.23. The van der Waals surface area contributed by atoms with Crippen LogP contribution in [-0.4, -0.2) is 76.2 Å². The molecule has 3 aliphatic rings. The summed E-state index contributed by atoms with van der Waals surface area (Å²) in [6.45, 7) is 21.9. The highest BCUT2D eigenvalue weighted by atomic mass is 16.2. The summed E-state index contributed by atoms with van der Waals surface area (Å²) in [4.78, 5) is 72.1. The van der Waals surface area contributed by atoms with Crippen LogP contribution >= 0.6 is 0 Å². The number of carbonyl (C=O) groups is 6. The number of Topliss-reactive ketones (excluding diaryl/α,β-unsaturated/α-hetero) is 1. The van der Waals surface area contributed by atoms with Crippen molar-refractivity contribution >= 4 is 35.3 Å². The summed E-state index contributed by atoms with van der Waals surface area (Å²) in [6, 6.07) is 0. The molecule has 0 fully saturated rings. The molecule has 0 bridgehead atoms. The lowest BCUT2D eigenvalue weighted by Crippen LogP contribution is -2.38. The van der Waals surface area contributed by atoms with Crippen LogP contribution in [0.1, 0.15) is 87.5 Å². The minimum absolute atomic E-state index is 0. The van der Waals surface area contributed by atoms with Gasteiger partial charge in [-0.05, 0) is 42.7 Å². The molecule has 0 atom stereocenters. The van der Waals surface area contributed by atoms with Crippen LogP contribution in [0.4, 0.5) is 0 Å². The Labute approximate surface area is 276 Å². The van der Waals surface area contributed by atoms with Crippen molar-refractivity contribution in [1.82, 2.24) is 20.0 Å². The first-order valence-corrected chi connectivity index (χ1v) is 15.8. The predicted octanol–water partition coefficient (Wildman–Crippen LogP) is 5.34. The SMILES string of the molecule is C.C=C1C=CC(=O)N1CCC(=O)CCCC(C)C.C=C1C=CC(=O)N1CCC(C)C.CC(C)CC(=O)NCCN1C(=O)C=CC1=O. The van der Waals surface area contributed by atoms with Crippen LogP contribution in [0.25, 0.3) is 0 Å². The first-order chi connectivity index (χ1) is 21.1. The number of rotatable bonds is 15. The van der Waals surface area contributed by atoms with Gasteiger partial charge in [-0.15, -0.1) is 0 Å². The summed E-state index contributed by atoms with van der Waals surface area (Å²) in [5.41, 5.74) is 1.51. The number of hydrogen-bond donors (Lipinski definition) is 1. The van der Waals surface area contributed by atoms with E-state index < -0.39 is 0 Å². The van der Waals surface area contributed by atoms with Crippen LogP contribution in [-0.2, 0) is 28.8 Å². The zero-order chi connectivity index (χ0) is 34.1. The van der Waals surface area contributed by atoms with E-state index in [-0.39, 0.29) is 49.3 Å². The van der Waals surface area contributed by atoms with Crippen LogP contribution in [0.2, 0.25) is 0 Å². The van der Waals surface area contributed by atoms with Gasteiger partial charge in [0, 0.05) is 81.1 Å². The number of imide groups is 1. The van der Waals surface area contributed by atoms with Gasteiger partial charge >= 0.3 is 0 Å². The smallest absolute Gasteiger partial charge is 0.253 e. The van der Waals surface area contributed by atoms with E-state index in [4.69, 9.17) is 0 Å². The lowest BCUT2D eigenvalue weighted by Gasteiger charge is -2.17. The monoisotopic (exact) mass is 640 g/mol. The molecule has 0 aliphatic carbocycles. The molecule has 3 aliphatic heterocycles. The zero-order valence-electron chi connectivity index (χ0n) is 28.0. The van der Waals surface area contributed by atoms with Crippen LogP contribution in [0.15, 0.2) is 61.0 Å². The van der Waals surface area contributed by atoms with Crippen molar-refractivity contribution in [1.29, 1.82) is 0 Å². The van der Waals surface area contributed by atoms with E-state index in [1.807, 2.05) is 13.8 Å². The third-order valence-electron chi connectivity index (χ3n) is 7.00. The molecule has 0 unspecified atom stereocenters. The third-order valence-corrected chi connectivity index (χ3v) is 7.00. The number of nitrogens with zero attached hydrogens (tertiary/aromatic N) is 3. The molecule has 46 heavy (non-hydrogen) atoms. The van der Waals surface area contributed by atoms with Crippen LogP contribution in [0.5, 0.6) is 0 Å². The van der Waals surface area contributed by atoms with Gasteiger partial charge in [0.2, 0.25) is 5.91 Å². The number of allylic oxidation sites excluding steroid dienone is 2. The predicted molar refractivity (Wildman–Crippen MR) is 183 cm³/mol. The molecule has 0 aromatic rings. The molecule has 0 spiro atoms. The Kier molecular flexibility index (Phi) is 19.7. The van der Waals surface area contributed by atoms with Gasteiger partial charge in [0.25, 0.3) is 23.6 Å². The Morgan fingerprint density at radius 3 is 1.52 bits per heavy atom. The zero-order valence-corrected chi connectivity index (χ0v) is 28.0. The minimum atomic E-state index is -0.317. The second-order valence-corrected chi connectivity index (χ2v) is 12.5. The van der Waals surface area contributed by atoms with Gasteiger partial charge in [0.15, 0.2) is 0 Å². The van der Waals surface area contributed by atoms with E-state index >= 15 is 0 Å². The van der Waals surface area contributed by atoms with Gasteiger partial charge in [-0.3, -0.25) is 33.7 Å². The lowest BCUT2D eigenvalue weighted by atomic mass is 10.0. The summed E-state index contributed by atoms with van der Waals surface area (Å²) < 4.78 is 0. The second-order valence-electron chi connectivity index (χ2n) is 12.5. The molecule has 0 aromatic heterocycles. The molecule has 3 heterocycles. The normalized spacial score (nSPS) is 15.2. The summed E-state index contributed by atoms with van der Waals surface area (Å²) in [5.74, 6) is 1.13. The minimum Gasteiger partial charge on any atom is -0.354 e. The second kappa shape index (κ2) is 21.6. The molecule has 1 N–H and O–H groups in total. The molecule has 256 valence electrons. The molecule has 0 aromatic carbocycles. The molecule has 5 amide bonds. The summed E-state index contributed by atoms with van der Waals surface area (Å²) in [5, 5.41) is 2.67. The van der Waals surface area contributed by atoms with Crippen molar-refractivity contribution in [2.24, 2.45) is 17.8 Å². The van der Waals surface area contributed by atoms with Gasteiger partial charge in [-0.1, -0.05) is 68.5 Å². The lowest BCUT2D eigenvalue weighted by molar-refractivity contribution is -0.137. The molecule has 0 saturated carbocycles. The van der Waals surface area contributed by atoms with E-state index in [2.05, 4.69) is 46.2 Å². The molecule has 3 rings (SSSR count). The molecule has 10 nitrogen and oxygen atoms in total. The maximum absolute atomic E-state index is 11.6. The van der Waals surface area contributed by atoms with Crippen molar-refractivity contribution in [2.45, 2.75) is 87.5 Å². The van der Waals surface area contributed by atoms with E-state index in [9.17, 15) is 28.8 Å². The van der Waals surface area contributed by atoms with Gasteiger partial charge in [-0.25, -0.2) is 0 Å². The van der Waals surface area contributed by atoms with Crippen molar-refractivity contribution in [3.8, 4) is 0 Å². The number of nitrogens with one attached hydrogen (secondary N) is 1. The van der Waals surface area contributed by atoms with E-state index in [1.54, 1.807) is 28.0 Å². The van der Waals surface area contributed by atoms with Gasteiger partial charge in [0.1, 0.15) is 5.78 Å². The molecular formula is C36H56N4O6. The van der Waals surface area contributed by atoms with E-state index in [0.29, 0.717) is 55.8 Å². The standard InChI is InChI=1S/C14H21NO2.C11H16N2O3.C10H15NO.CH4/c1-11(2)5-4-6-13(16)9-10-15-12(3)7-8-14(15)17;1-8(2)7-9(14)12-5-6-13-10(15)3-4-11(13)16;1-8(2)6-7-11-9(3)4-5-10(11)12;/h7-8,11H,3-6,9-10H2,1-2H3;3-4,8H,5-7H2,1-2H3,(H,12,14);4-5,8H,3,6-7H2,1-2H3;1H4. The molecule has 0 saturated heterocycles. The average molecular weight is 641 g/mol. The largest absolute Gasteiger partial charge is 0.354 e. The topological polar surface area (TPSA) is 124 Å². The maximum Gasteiger partial charge on any atom is 0.253 e. The van der Waals surface area contributed by atoms with Gasteiger partial charge in [-0.2, -0.15) is 0 Å². The number of carbonyl (C=O) groups excluding carboxylic acids is 6. The van der Waals surface area contributed by atoms with Crippen molar-refractivity contribution in [3.05, 3.63) is 61.0 Å². The Morgan fingerprint density at radius 1 is 0.630 bits per heavy atom. The number of hydrogen-bond acceptors (Lipinski definition) is 6. The summed E-state index contributed by atoms with van der Waals surface area (Å²) in [7, 11) is 0. The average Bonchev–Trinajstić information content (AvgIpc) is 3.57. The molecule has 10 heteroatoms. The van der Waals surface area contributed by atoms with E-state index in [0.717, 1.165) is 36.4 Å².